The Morgan fingerprint density at radius 1 is 1.50 bits per heavy atom. The molecule has 0 spiro atoms. The van der Waals surface area contributed by atoms with E-state index in [0.29, 0.717) is 5.82 Å². The van der Waals surface area contributed by atoms with Crippen molar-refractivity contribution in [2.75, 3.05) is 5.32 Å². The molecule has 0 amide bonds. The highest BCUT2D eigenvalue weighted by molar-refractivity contribution is 5.57. The maximum absolute atomic E-state index is 11.0. The van der Waals surface area contributed by atoms with Gasteiger partial charge >= 0.3 is 5.69 Å². The summed E-state index contributed by atoms with van der Waals surface area (Å²) >= 11 is 0. The number of nitrogens with zero attached hydrogens (tertiary/aromatic N) is 2. The lowest BCUT2D eigenvalue weighted by molar-refractivity contribution is -0.384. The number of hydrogen-bond donors (Lipinski definition) is 2. The van der Waals surface area contributed by atoms with Gasteiger partial charge in [-0.15, -0.1) is 0 Å². The molecule has 1 aromatic heterocycles. The first kappa shape index (κ1) is 12.8. The smallest absolute Gasteiger partial charge is 0.311 e. The van der Waals surface area contributed by atoms with E-state index < -0.39 is 4.92 Å². The highest BCUT2D eigenvalue weighted by Crippen LogP contribution is 2.26. The average molecular weight is 250 g/mol. The molecule has 6 nitrogen and oxygen atoms in total. The number of nitrogens with one attached hydrogen (secondary N) is 1. The summed E-state index contributed by atoms with van der Waals surface area (Å²) in [4.78, 5) is 14.7. The number of nitro groups is 1. The Kier molecular flexibility index (Phi) is 3.76. The molecule has 0 bridgehead atoms. The molecule has 0 radical (unpaired) electrons. The van der Waals surface area contributed by atoms with Crippen LogP contribution in [0.2, 0.25) is 0 Å². The summed E-state index contributed by atoms with van der Waals surface area (Å²) in [6.45, 7) is 1.79. The number of aromatic nitrogens is 1. The quantitative estimate of drug-likeness (QED) is 0.632. The van der Waals surface area contributed by atoms with Gasteiger partial charge in [-0.1, -0.05) is 12.8 Å². The molecule has 0 aliphatic heterocycles. The molecule has 6 heteroatoms. The van der Waals surface area contributed by atoms with Crippen LogP contribution in [0.5, 0.6) is 0 Å². The van der Waals surface area contributed by atoms with Gasteiger partial charge in [0.2, 0.25) is 5.82 Å². The molecule has 0 saturated heterocycles. The molecule has 0 aromatic carbocycles. The number of anilines is 1. The molecule has 2 unspecified atom stereocenters. The van der Waals surface area contributed by atoms with Crippen molar-refractivity contribution in [3.8, 4) is 0 Å². The SMILES string of the molecule is Cc1cnc(NC2CCCCC2N)c([N+](=O)[O-])c1. The summed E-state index contributed by atoms with van der Waals surface area (Å²) < 4.78 is 0. The molecule has 3 N–H and O–H groups in total. The molecular weight excluding hydrogens is 232 g/mol. The third-order valence-electron chi connectivity index (χ3n) is 3.34. The zero-order valence-corrected chi connectivity index (χ0v) is 10.4. The van der Waals surface area contributed by atoms with Gasteiger partial charge < -0.3 is 11.1 Å². The van der Waals surface area contributed by atoms with Gasteiger partial charge in [-0.2, -0.15) is 0 Å². The lowest BCUT2D eigenvalue weighted by Gasteiger charge is -2.29. The molecule has 18 heavy (non-hydrogen) atoms. The Labute approximate surface area is 106 Å². The molecule has 1 saturated carbocycles. The van der Waals surface area contributed by atoms with Gasteiger partial charge in [-0.25, -0.2) is 4.98 Å². The van der Waals surface area contributed by atoms with Crippen LogP contribution >= 0.6 is 0 Å². The minimum atomic E-state index is -0.406. The van der Waals surface area contributed by atoms with Crippen LogP contribution in [0.25, 0.3) is 0 Å². The molecule has 1 aliphatic carbocycles. The summed E-state index contributed by atoms with van der Waals surface area (Å²) in [5.74, 6) is 0.327. The minimum absolute atomic E-state index is 0.0211. The summed E-state index contributed by atoms with van der Waals surface area (Å²) in [5.41, 5.74) is 6.82. The van der Waals surface area contributed by atoms with Crippen molar-refractivity contribution >= 4 is 11.5 Å². The maximum atomic E-state index is 11.0. The van der Waals surface area contributed by atoms with E-state index in [-0.39, 0.29) is 17.8 Å². The van der Waals surface area contributed by atoms with Gasteiger partial charge in [-0.3, -0.25) is 10.1 Å². The first-order chi connectivity index (χ1) is 8.58. The molecule has 2 rings (SSSR count). The normalized spacial score (nSPS) is 23.7. The molecule has 1 aliphatic rings. The second-order valence-corrected chi connectivity index (χ2v) is 4.84. The van der Waals surface area contributed by atoms with Gasteiger partial charge in [0.05, 0.1) is 4.92 Å². The fourth-order valence-corrected chi connectivity index (χ4v) is 2.32. The second-order valence-electron chi connectivity index (χ2n) is 4.84. The molecule has 1 fully saturated rings. The number of aryl methyl sites for hydroxylation is 1. The number of nitrogens with two attached hydrogens (primary N) is 1. The highest BCUT2D eigenvalue weighted by atomic mass is 16.6. The summed E-state index contributed by atoms with van der Waals surface area (Å²) in [6, 6.07) is 1.65. The second kappa shape index (κ2) is 5.30. The Bertz CT molecular complexity index is 450. The van der Waals surface area contributed by atoms with Crippen molar-refractivity contribution in [2.24, 2.45) is 5.73 Å². The summed E-state index contributed by atoms with van der Waals surface area (Å²) in [7, 11) is 0. The first-order valence-electron chi connectivity index (χ1n) is 6.21. The predicted octanol–water partition coefficient (Wildman–Crippen LogP) is 1.98. The number of pyridine rings is 1. The number of rotatable bonds is 3. The number of hydrogen-bond acceptors (Lipinski definition) is 5. The zero-order chi connectivity index (χ0) is 13.1. The third kappa shape index (κ3) is 2.76. The van der Waals surface area contributed by atoms with Crippen LogP contribution in [0.15, 0.2) is 12.3 Å². The maximum Gasteiger partial charge on any atom is 0.311 e. The largest absolute Gasteiger partial charge is 0.360 e. The Hall–Kier alpha value is -1.69. The zero-order valence-electron chi connectivity index (χ0n) is 10.4. The molecule has 2 atom stereocenters. The topological polar surface area (TPSA) is 94.1 Å². The van der Waals surface area contributed by atoms with Crippen LogP contribution in [0.1, 0.15) is 31.2 Å². The van der Waals surface area contributed by atoms with Crippen LogP contribution < -0.4 is 11.1 Å². The Morgan fingerprint density at radius 3 is 2.89 bits per heavy atom. The van der Waals surface area contributed by atoms with E-state index in [1.54, 1.807) is 13.1 Å². The van der Waals surface area contributed by atoms with Crippen molar-refractivity contribution in [3.63, 3.8) is 0 Å². The van der Waals surface area contributed by atoms with E-state index in [9.17, 15) is 10.1 Å². The molecule has 1 aromatic rings. The van der Waals surface area contributed by atoms with E-state index in [2.05, 4.69) is 10.3 Å². The van der Waals surface area contributed by atoms with Gasteiger partial charge in [0.15, 0.2) is 0 Å². The molecular formula is C12H18N4O2. The fourth-order valence-electron chi connectivity index (χ4n) is 2.32. The van der Waals surface area contributed by atoms with E-state index >= 15 is 0 Å². The van der Waals surface area contributed by atoms with Crippen LogP contribution in [-0.2, 0) is 0 Å². The van der Waals surface area contributed by atoms with Crippen molar-refractivity contribution in [1.29, 1.82) is 0 Å². The predicted molar refractivity (Wildman–Crippen MR) is 69.5 cm³/mol. The van der Waals surface area contributed by atoms with E-state index in [1.807, 2.05) is 0 Å². The van der Waals surface area contributed by atoms with Gasteiger partial charge in [0, 0.05) is 24.3 Å². The summed E-state index contributed by atoms with van der Waals surface area (Å²) in [6.07, 6.45) is 5.75. The van der Waals surface area contributed by atoms with E-state index in [1.165, 1.54) is 6.07 Å². The van der Waals surface area contributed by atoms with Gasteiger partial charge in [0.1, 0.15) is 0 Å². The highest BCUT2D eigenvalue weighted by Gasteiger charge is 2.25. The lowest BCUT2D eigenvalue weighted by Crippen LogP contribution is -2.42. The van der Waals surface area contributed by atoms with Gasteiger partial charge in [0.25, 0.3) is 0 Å². The van der Waals surface area contributed by atoms with Gasteiger partial charge in [-0.05, 0) is 25.3 Å². The van der Waals surface area contributed by atoms with Crippen LogP contribution in [0.3, 0.4) is 0 Å². The Morgan fingerprint density at radius 2 is 2.22 bits per heavy atom. The molecule has 98 valence electrons. The lowest BCUT2D eigenvalue weighted by atomic mass is 9.91. The monoisotopic (exact) mass is 250 g/mol. The molecule has 1 heterocycles. The van der Waals surface area contributed by atoms with Crippen LogP contribution in [-0.4, -0.2) is 22.0 Å². The third-order valence-corrected chi connectivity index (χ3v) is 3.34. The van der Waals surface area contributed by atoms with Crippen LogP contribution in [0.4, 0.5) is 11.5 Å². The van der Waals surface area contributed by atoms with E-state index in [4.69, 9.17) is 5.73 Å². The van der Waals surface area contributed by atoms with Crippen molar-refractivity contribution < 1.29 is 4.92 Å². The van der Waals surface area contributed by atoms with Crippen molar-refractivity contribution in [2.45, 2.75) is 44.7 Å². The van der Waals surface area contributed by atoms with Crippen molar-refractivity contribution in [3.05, 3.63) is 27.9 Å². The average Bonchev–Trinajstić information content (AvgIpc) is 2.34. The minimum Gasteiger partial charge on any atom is -0.360 e. The van der Waals surface area contributed by atoms with Crippen molar-refractivity contribution in [1.82, 2.24) is 4.98 Å². The Balaban J connectivity index is 2.20. The van der Waals surface area contributed by atoms with Crippen LogP contribution in [0, 0.1) is 17.0 Å². The standard InChI is InChI=1S/C12H18N4O2/c1-8-6-11(16(17)18)12(14-7-8)15-10-5-3-2-4-9(10)13/h6-7,9-10H,2-5,13H2,1H3,(H,14,15). The van der Waals surface area contributed by atoms with E-state index in [0.717, 1.165) is 31.2 Å². The fraction of sp³-hybridized carbons (Fsp3) is 0.583. The summed E-state index contributed by atoms with van der Waals surface area (Å²) in [5, 5.41) is 14.1. The first-order valence-corrected chi connectivity index (χ1v) is 6.21.